The predicted molar refractivity (Wildman–Crippen MR) is 58.6 cm³/mol. The lowest BCUT2D eigenvalue weighted by Gasteiger charge is -2.10. The highest BCUT2D eigenvalue weighted by Gasteiger charge is 2.10. The zero-order valence-electron chi connectivity index (χ0n) is 6.66. The molecule has 0 rings (SSSR count). The first kappa shape index (κ1) is 12.0. The first-order valence-corrected chi connectivity index (χ1v) is 9.21. The third-order valence-corrected chi connectivity index (χ3v) is 5.69. The second kappa shape index (κ2) is 7.68. The molecule has 6 heteroatoms. The summed E-state index contributed by atoms with van der Waals surface area (Å²) in [5.41, 5.74) is 0. The fraction of sp³-hybridized carbons (Fsp3) is 1.00. The molecule has 0 heterocycles. The molecule has 11 heavy (non-hydrogen) atoms. The lowest BCUT2D eigenvalue weighted by molar-refractivity contribution is 0.358. The second-order valence-corrected chi connectivity index (χ2v) is 7.23. The van der Waals surface area contributed by atoms with Crippen LogP contribution in [-0.2, 0) is 4.12 Å². The van der Waals surface area contributed by atoms with Gasteiger partial charge in [-0.15, -0.1) is 0 Å². The summed E-state index contributed by atoms with van der Waals surface area (Å²) in [6.07, 6.45) is 2.16. The van der Waals surface area contributed by atoms with E-state index in [4.69, 9.17) is 8.91 Å². The zero-order valence-corrected chi connectivity index (χ0v) is 11.1. The summed E-state index contributed by atoms with van der Waals surface area (Å²) in [6.45, 7) is 1.66. The standard InChI is InChI=1S/C5H15IO3Si2/c1-10(7)9-11(8)5-3-2-4-6/h7-8,10-11H,2-5H2,1H3. The lowest BCUT2D eigenvalue weighted by Crippen LogP contribution is -2.26. The van der Waals surface area contributed by atoms with Crippen LogP contribution in [0.1, 0.15) is 12.8 Å². The van der Waals surface area contributed by atoms with Crippen LogP contribution < -0.4 is 0 Å². The van der Waals surface area contributed by atoms with Crippen molar-refractivity contribution in [1.82, 2.24) is 0 Å². The zero-order chi connectivity index (χ0) is 8.69. The van der Waals surface area contributed by atoms with E-state index in [1.165, 1.54) is 0 Å². The highest BCUT2D eigenvalue weighted by Crippen LogP contribution is 2.03. The van der Waals surface area contributed by atoms with Gasteiger partial charge in [-0.1, -0.05) is 29.0 Å². The molecule has 0 saturated carbocycles. The van der Waals surface area contributed by atoms with Gasteiger partial charge in [-0.2, -0.15) is 0 Å². The summed E-state index contributed by atoms with van der Waals surface area (Å²) in [6, 6.07) is 0.779. The van der Waals surface area contributed by atoms with E-state index in [1.807, 2.05) is 0 Å². The van der Waals surface area contributed by atoms with E-state index in [0.717, 1.165) is 23.3 Å². The molecule has 0 spiro atoms. The minimum Gasteiger partial charge on any atom is -0.419 e. The van der Waals surface area contributed by atoms with Crippen LogP contribution >= 0.6 is 22.6 Å². The largest absolute Gasteiger partial charge is 0.419 e. The van der Waals surface area contributed by atoms with Gasteiger partial charge in [0, 0.05) is 0 Å². The number of halogens is 1. The topological polar surface area (TPSA) is 49.7 Å². The van der Waals surface area contributed by atoms with Crippen LogP contribution in [0.5, 0.6) is 0 Å². The van der Waals surface area contributed by atoms with Crippen LogP contribution in [0, 0.1) is 0 Å². The molecule has 0 aliphatic rings. The molecule has 0 bridgehead atoms. The third-order valence-electron chi connectivity index (χ3n) is 1.19. The lowest BCUT2D eigenvalue weighted by atomic mass is 10.4. The molecular weight excluding hydrogens is 291 g/mol. The molecule has 0 aliphatic heterocycles. The normalized spacial score (nSPS) is 16.4. The Morgan fingerprint density at radius 2 is 2.00 bits per heavy atom. The van der Waals surface area contributed by atoms with Crippen molar-refractivity contribution in [3.63, 3.8) is 0 Å². The van der Waals surface area contributed by atoms with Gasteiger partial charge in [0.15, 0.2) is 0 Å². The molecule has 0 aliphatic carbocycles. The Morgan fingerprint density at radius 3 is 2.45 bits per heavy atom. The molecule has 0 aromatic heterocycles. The Morgan fingerprint density at radius 1 is 1.36 bits per heavy atom. The number of rotatable bonds is 6. The molecule has 0 amide bonds. The van der Waals surface area contributed by atoms with Crippen LogP contribution in [0.2, 0.25) is 12.6 Å². The highest BCUT2D eigenvalue weighted by molar-refractivity contribution is 14.1. The van der Waals surface area contributed by atoms with Crippen LogP contribution in [-0.4, -0.2) is 32.6 Å². The van der Waals surface area contributed by atoms with Crippen molar-refractivity contribution in [3.05, 3.63) is 0 Å². The monoisotopic (exact) mass is 306 g/mol. The smallest absolute Gasteiger partial charge is 0.309 e. The molecule has 3 nitrogen and oxygen atoms in total. The van der Waals surface area contributed by atoms with Crippen molar-refractivity contribution in [1.29, 1.82) is 0 Å². The fourth-order valence-corrected chi connectivity index (χ4v) is 4.25. The van der Waals surface area contributed by atoms with Crippen LogP contribution in [0.4, 0.5) is 0 Å². The molecule has 2 unspecified atom stereocenters. The van der Waals surface area contributed by atoms with Gasteiger partial charge in [0.1, 0.15) is 0 Å². The SMILES string of the molecule is C[SiH](O)O[SiH](O)CCCCI. The summed E-state index contributed by atoms with van der Waals surface area (Å²) in [7, 11) is -3.95. The molecule has 0 saturated heterocycles. The van der Waals surface area contributed by atoms with Crippen molar-refractivity contribution in [2.24, 2.45) is 0 Å². The molecule has 2 atom stereocenters. The Labute approximate surface area is 84.6 Å². The maximum absolute atomic E-state index is 9.24. The molecule has 2 N–H and O–H groups in total. The van der Waals surface area contributed by atoms with Gasteiger partial charge >= 0.3 is 18.6 Å². The number of unbranched alkanes of at least 4 members (excludes halogenated alkanes) is 1. The van der Waals surface area contributed by atoms with E-state index in [9.17, 15) is 4.80 Å². The average Bonchev–Trinajstić information content (AvgIpc) is 1.86. The van der Waals surface area contributed by atoms with Crippen molar-refractivity contribution in [2.45, 2.75) is 25.4 Å². The van der Waals surface area contributed by atoms with E-state index in [0.29, 0.717) is 0 Å². The van der Waals surface area contributed by atoms with Crippen molar-refractivity contribution in [3.8, 4) is 0 Å². The quantitative estimate of drug-likeness (QED) is 0.321. The number of hydrogen-bond acceptors (Lipinski definition) is 3. The molecule has 0 aromatic rings. The van der Waals surface area contributed by atoms with Crippen LogP contribution in [0.15, 0.2) is 0 Å². The van der Waals surface area contributed by atoms with Gasteiger partial charge in [-0.3, -0.25) is 0 Å². The number of hydrogen-bond donors (Lipinski definition) is 2. The number of alkyl halides is 1. The van der Waals surface area contributed by atoms with Gasteiger partial charge in [-0.25, -0.2) is 0 Å². The van der Waals surface area contributed by atoms with Crippen molar-refractivity contribution in [2.75, 3.05) is 4.43 Å². The minimum absolute atomic E-state index is 0.779. The first-order valence-electron chi connectivity index (χ1n) is 3.74. The summed E-state index contributed by atoms with van der Waals surface area (Å²) in [5, 5.41) is 0. The third kappa shape index (κ3) is 8.95. The van der Waals surface area contributed by atoms with E-state index in [2.05, 4.69) is 22.6 Å². The van der Waals surface area contributed by atoms with Gasteiger partial charge in [0.25, 0.3) is 0 Å². The summed E-state index contributed by atoms with van der Waals surface area (Å²) >= 11 is 2.31. The van der Waals surface area contributed by atoms with Crippen LogP contribution in [0.3, 0.4) is 0 Å². The molecule has 0 radical (unpaired) electrons. The first-order chi connectivity index (χ1) is 5.16. The van der Waals surface area contributed by atoms with Gasteiger partial charge < -0.3 is 13.7 Å². The highest BCUT2D eigenvalue weighted by atomic mass is 127. The molecule has 0 aromatic carbocycles. The van der Waals surface area contributed by atoms with E-state index < -0.39 is 18.6 Å². The Bertz CT molecular complexity index is 93.8. The molecular formula is C5H15IO3Si2. The maximum Gasteiger partial charge on any atom is 0.309 e. The van der Waals surface area contributed by atoms with Gasteiger partial charge in [0.05, 0.1) is 0 Å². The van der Waals surface area contributed by atoms with Crippen molar-refractivity contribution >= 4 is 41.2 Å². The summed E-state index contributed by atoms with van der Waals surface area (Å²) < 4.78 is 6.11. The van der Waals surface area contributed by atoms with Crippen molar-refractivity contribution < 1.29 is 13.7 Å². The van der Waals surface area contributed by atoms with Crippen LogP contribution in [0.25, 0.3) is 0 Å². The second-order valence-electron chi connectivity index (χ2n) is 2.37. The Balaban J connectivity index is 3.15. The summed E-state index contributed by atoms with van der Waals surface area (Å²) in [5.74, 6) is 0. The summed E-state index contributed by atoms with van der Waals surface area (Å²) in [4.78, 5) is 18.1. The fourth-order valence-electron chi connectivity index (χ4n) is 0.709. The maximum atomic E-state index is 9.24. The Kier molecular flexibility index (Phi) is 8.41. The van der Waals surface area contributed by atoms with E-state index in [-0.39, 0.29) is 0 Å². The van der Waals surface area contributed by atoms with E-state index >= 15 is 0 Å². The predicted octanol–water partition coefficient (Wildman–Crippen LogP) is 0.274. The van der Waals surface area contributed by atoms with E-state index in [1.54, 1.807) is 6.55 Å². The molecule has 0 fully saturated rings. The van der Waals surface area contributed by atoms with Gasteiger partial charge in [-0.05, 0) is 23.4 Å². The molecule has 68 valence electrons. The minimum atomic E-state index is -1.98. The Hall–Kier alpha value is 1.04. The van der Waals surface area contributed by atoms with Gasteiger partial charge in [0.2, 0.25) is 0 Å². The average molecular weight is 306 g/mol.